The van der Waals surface area contributed by atoms with Gasteiger partial charge in [-0.15, -0.1) is 0 Å². The molecule has 21 heavy (non-hydrogen) atoms. The molecule has 1 aromatic carbocycles. The summed E-state index contributed by atoms with van der Waals surface area (Å²) in [5, 5.41) is 15.6. The van der Waals surface area contributed by atoms with Crippen molar-refractivity contribution in [3.05, 3.63) is 42.1 Å². The van der Waals surface area contributed by atoms with Gasteiger partial charge >= 0.3 is 0 Å². The number of benzene rings is 1. The van der Waals surface area contributed by atoms with E-state index in [1.54, 1.807) is 6.07 Å². The highest BCUT2D eigenvalue weighted by Crippen LogP contribution is 2.30. The standard InChI is InChI=1S/C16H18N2O3/c19-7-6-11-8-13(9-11)17-16(20)14-10-15(21-18-14)12-4-2-1-3-5-12/h1-5,10-11,13,19H,6-9H2,(H,17,20)/t11-,13+. The highest BCUT2D eigenvalue weighted by Gasteiger charge is 2.30. The van der Waals surface area contributed by atoms with Gasteiger partial charge in [0.15, 0.2) is 11.5 Å². The number of rotatable bonds is 5. The van der Waals surface area contributed by atoms with Gasteiger partial charge in [-0.25, -0.2) is 0 Å². The second-order valence-electron chi connectivity index (χ2n) is 5.46. The molecule has 0 spiro atoms. The van der Waals surface area contributed by atoms with Crippen molar-refractivity contribution in [1.82, 2.24) is 10.5 Å². The lowest BCUT2D eigenvalue weighted by atomic mass is 9.78. The smallest absolute Gasteiger partial charge is 0.273 e. The number of nitrogens with one attached hydrogen (secondary N) is 1. The first-order valence-electron chi connectivity index (χ1n) is 7.20. The molecule has 2 aromatic rings. The molecule has 1 amide bonds. The third-order valence-electron chi connectivity index (χ3n) is 3.91. The molecule has 5 heteroatoms. The number of carbonyl (C=O) groups excluding carboxylic acids is 1. The first-order valence-corrected chi connectivity index (χ1v) is 7.20. The van der Waals surface area contributed by atoms with Crippen LogP contribution in [0.2, 0.25) is 0 Å². The van der Waals surface area contributed by atoms with Crippen molar-refractivity contribution in [3.8, 4) is 11.3 Å². The average Bonchev–Trinajstić information content (AvgIpc) is 2.96. The van der Waals surface area contributed by atoms with Gasteiger partial charge in [0.2, 0.25) is 0 Å². The van der Waals surface area contributed by atoms with Crippen molar-refractivity contribution in [2.24, 2.45) is 5.92 Å². The van der Waals surface area contributed by atoms with E-state index >= 15 is 0 Å². The molecule has 1 aliphatic rings. The fourth-order valence-corrected chi connectivity index (χ4v) is 2.65. The topological polar surface area (TPSA) is 75.4 Å². The van der Waals surface area contributed by atoms with E-state index in [2.05, 4.69) is 10.5 Å². The second kappa shape index (κ2) is 6.10. The molecule has 2 N–H and O–H groups in total. The van der Waals surface area contributed by atoms with Crippen LogP contribution >= 0.6 is 0 Å². The first kappa shape index (κ1) is 13.8. The molecule has 1 aromatic heterocycles. The second-order valence-corrected chi connectivity index (χ2v) is 5.46. The predicted octanol–water partition coefficient (Wildman–Crippen LogP) is 2.23. The van der Waals surface area contributed by atoms with Crippen LogP contribution in [0.1, 0.15) is 29.8 Å². The molecule has 0 radical (unpaired) electrons. The SMILES string of the molecule is O=C(N[C@H]1C[C@@H](CCO)C1)c1cc(-c2ccccc2)on1. The largest absolute Gasteiger partial charge is 0.396 e. The molecule has 3 rings (SSSR count). The summed E-state index contributed by atoms with van der Waals surface area (Å²) in [4.78, 5) is 12.1. The van der Waals surface area contributed by atoms with Gasteiger partial charge in [0, 0.05) is 24.3 Å². The molecule has 1 fully saturated rings. The van der Waals surface area contributed by atoms with Gasteiger partial charge in [-0.1, -0.05) is 35.5 Å². The summed E-state index contributed by atoms with van der Waals surface area (Å²) in [5.74, 6) is 0.915. The molecular weight excluding hydrogens is 268 g/mol. The summed E-state index contributed by atoms with van der Waals surface area (Å²) in [6, 6.07) is 11.4. The van der Waals surface area contributed by atoms with Gasteiger partial charge in [-0.2, -0.15) is 0 Å². The van der Waals surface area contributed by atoms with Crippen molar-refractivity contribution in [1.29, 1.82) is 0 Å². The van der Waals surface area contributed by atoms with E-state index in [0.29, 0.717) is 17.4 Å². The normalized spacial score (nSPS) is 20.8. The number of carbonyl (C=O) groups is 1. The maximum Gasteiger partial charge on any atom is 0.273 e. The Hall–Kier alpha value is -2.14. The maximum atomic E-state index is 12.1. The van der Waals surface area contributed by atoms with Crippen LogP contribution in [0.5, 0.6) is 0 Å². The third-order valence-corrected chi connectivity index (χ3v) is 3.91. The van der Waals surface area contributed by atoms with Crippen LogP contribution in [-0.4, -0.2) is 28.8 Å². The van der Waals surface area contributed by atoms with Crippen LogP contribution in [0.4, 0.5) is 0 Å². The monoisotopic (exact) mass is 286 g/mol. The Labute approximate surface area is 123 Å². The fraction of sp³-hybridized carbons (Fsp3) is 0.375. The van der Waals surface area contributed by atoms with E-state index in [-0.39, 0.29) is 18.6 Å². The number of hydrogen-bond donors (Lipinski definition) is 2. The molecule has 0 bridgehead atoms. The van der Waals surface area contributed by atoms with Gasteiger partial charge in [0.1, 0.15) is 0 Å². The lowest BCUT2D eigenvalue weighted by Gasteiger charge is -2.35. The average molecular weight is 286 g/mol. The number of nitrogens with zero attached hydrogens (tertiary/aromatic N) is 1. The number of amides is 1. The Kier molecular flexibility index (Phi) is 4.01. The lowest BCUT2D eigenvalue weighted by Crippen LogP contribution is -2.44. The molecule has 0 atom stereocenters. The van der Waals surface area contributed by atoms with Crippen molar-refractivity contribution in [2.45, 2.75) is 25.3 Å². The minimum atomic E-state index is -0.201. The van der Waals surface area contributed by atoms with Crippen LogP contribution in [-0.2, 0) is 0 Å². The molecule has 1 heterocycles. The molecular formula is C16H18N2O3. The number of aromatic nitrogens is 1. The zero-order valence-electron chi connectivity index (χ0n) is 11.7. The minimum Gasteiger partial charge on any atom is -0.396 e. The quantitative estimate of drug-likeness (QED) is 0.884. The molecule has 0 aliphatic heterocycles. The zero-order valence-corrected chi connectivity index (χ0v) is 11.7. The molecule has 1 saturated carbocycles. The first-order chi connectivity index (χ1) is 10.3. The minimum absolute atomic E-state index is 0.186. The predicted molar refractivity (Wildman–Crippen MR) is 77.6 cm³/mol. The van der Waals surface area contributed by atoms with Crippen LogP contribution in [0, 0.1) is 5.92 Å². The highest BCUT2D eigenvalue weighted by molar-refractivity contribution is 5.93. The zero-order chi connectivity index (χ0) is 14.7. The van der Waals surface area contributed by atoms with Crippen molar-refractivity contribution in [3.63, 3.8) is 0 Å². The van der Waals surface area contributed by atoms with E-state index < -0.39 is 0 Å². The summed E-state index contributed by atoms with van der Waals surface area (Å²) in [5.41, 5.74) is 1.20. The van der Waals surface area contributed by atoms with Gasteiger partial charge in [-0.3, -0.25) is 4.79 Å². The van der Waals surface area contributed by atoms with Crippen molar-refractivity contribution >= 4 is 5.91 Å². The Bertz CT molecular complexity index is 603. The van der Waals surface area contributed by atoms with Crippen LogP contribution in [0.15, 0.2) is 40.9 Å². The van der Waals surface area contributed by atoms with E-state index in [1.807, 2.05) is 30.3 Å². The van der Waals surface area contributed by atoms with Crippen LogP contribution < -0.4 is 5.32 Å². The van der Waals surface area contributed by atoms with Crippen LogP contribution in [0.25, 0.3) is 11.3 Å². The maximum absolute atomic E-state index is 12.1. The van der Waals surface area contributed by atoms with Gasteiger partial charge < -0.3 is 14.9 Å². The molecule has 5 nitrogen and oxygen atoms in total. The van der Waals surface area contributed by atoms with Gasteiger partial charge in [-0.05, 0) is 25.2 Å². The van der Waals surface area contributed by atoms with Gasteiger partial charge in [0.25, 0.3) is 5.91 Å². The van der Waals surface area contributed by atoms with E-state index in [9.17, 15) is 4.79 Å². The molecule has 110 valence electrons. The fourth-order valence-electron chi connectivity index (χ4n) is 2.65. The Morgan fingerprint density at radius 2 is 2.10 bits per heavy atom. The Morgan fingerprint density at radius 3 is 2.81 bits per heavy atom. The summed E-state index contributed by atoms with van der Waals surface area (Å²) in [7, 11) is 0. The van der Waals surface area contributed by atoms with Crippen molar-refractivity contribution < 1.29 is 14.4 Å². The molecule has 0 saturated heterocycles. The van der Waals surface area contributed by atoms with Crippen LogP contribution in [0.3, 0.4) is 0 Å². The third kappa shape index (κ3) is 3.13. The Balaban J connectivity index is 1.58. The van der Waals surface area contributed by atoms with Gasteiger partial charge in [0.05, 0.1) is 0 Å². The molecule has 0 unspecified atom stereocenters. The summed E-state index contributed by atoms with van der Waals surface area (Å²) in [6.07, 6.45) is 2.67. The highest BCUT2D eigenvalue weighted by atomic mass is 16.5. The summed E-state index contributed by atoms with van der Waals surface area (Å²) >= 11 is 0. The summed E-state index contributed by atoms with van der Waals surface area (Å²) < 4.78 is 5.22. The van der Waals surface area contributed by atoms with E-state index in [0.717, 1.165) is 24.8 Å². The number of aliphatic hydroxyl groups is 1. The number of aliphatic hydroxyl groups excluding tert-OH is 1. The van der Waals surface area contributed by atoms with E-state index in [1.165, 1.54) is 0 Å². The Morgan fingerprint density at radius 1 is 1.33 bits per heavy atom. The number of hydrogen-bond acceptors (Lipinski definition) is 4. The lowest BCUT2D eigenvalue weighted by molar-refractivity contribution is 0.0866. The van der Waals surface area contributed by atoms with E-state index in [4.69, 9.17) is 9.63 Å². The summed E-state index contributed by atoms with van der Waals surface area (Å²) in [6.45, 7) is 0.217. The molecule has 1 aliphatic carbocycles. The van der Waals surface area contributed by atoms with Crippen molar-refractivity contribution in [2.75, 3.05) is 6.61 Å².